The SMILES string of the molecule is Cc1cc(C2CCN(CC(C)(C)O)CC2)ccc1NC1N=C(NCc2cccc3c2C(C)(C)C(=O)N3)C(C(F)(F)F)=CN1. The second-order valence-electron chi connectivity index (χ2n) is 13.0. The molecule has 0 radical (unpaired) electrons. The molecule has 0 bridgehead atoms. The van der Waals surface area contributed by atoms with E-state index >= 15 is 0 Å². The maximum absolute atomic E-state index is 13.9. The molecule has 0 spiro atoms. The van der Waals surface area contributed by atoms with Crippen LogP contribution in [0.15, 0.2) is 53.2 Å². The molecular formula is C32H41F3N6O2. The topological polar surface area (TPSA) is 101 Å². The smallest absolute Gasteiger partial charge is 0.389 e. The second-order valence-corrected chi connectivity index (χ2v) is 13.0. The third-order valence-electron chi connectivity index (χ3n) is 8.45. The van der Waals surface area contributed by atoms with E-state index in [4.69, 9.17) is 0 Å². The van der Waals surface area contributed by atoms with E-state index in [0.717, 1.165) is 54.5 Å². The number of carbonyl (C=O) groups is 1. The van der Waals surface area contributed by atoms with Crippen molar-refractivity contribution in [2.24, 2.45) is 4.99 Å². The van der Waals surface area contributed by atoms with E-state index in [-0.39, 0.29) is 18.3 Å². The van der Waals surface area contributed by atoms with Crippen molar-refractivity contribution in [1.82, 2.24) is 15.5 Å². The Hall–Kier alpha value is -3.57. The van der Waals surface area contributed by atoms with Crippen molar-refractivity contribution in [1.29, 1.82) is 0 Å². The molecule has 2 aromatic carbocycles. The van der Waals surface area contributed by atoms with Crippen LogP contribution in [0.2, 0.25) is 0 Å². The summed E-state index contributed by atoms with van der Waals surface area (Å²) in [6.07, 6.45) is -2.47. The van der Waals surface area contributed by atoms with Crippen LogP contribution in [-0.2, 0) is 16.8 Å². The number of β-amino-alcohol motifs (C(OH)–C–C–N with tert-alkyl or cyclic N) is 1. The molecule has 8 nitrogen and oxygen atoms in total. The zero-order chi connectivity index (χ0) is 31.2. The summed E-state index contributed by atoms with van der Waals surface area (Å²) in [7, 11) is 0. The summed E-state index contributed by atoms with van der Waals surface area (Å²) in [5.74, 6) is -0.00460. The van der Waals surface area contributed by atoms with Crippen molar-refractivity contribution < 1.29 is 23.1 Å². The Kier molecular flexibility index (Phi) is 8.26. The zero-order valence-corrected chi connectivity index (χ0v) is 25.3. The maximum Gasteiger partial charge on any atom is 0.421 e. The Balaban J connectivity index is 1.28. The average molecular weight is 599 g/mol. The van der Waals surface area contributed by atoms with Crippen LogP contribution in [0.3, 0.4) is 0 Å². The number of aryl methyl sites for hydroxylation is 1. The molecule has 11 heteroatoms. The van der Waals surface area contributed by atoms with Crippen molar-refractivity contribution in [2.45, 2.75) is 83.4 Å². The number of nitrogens with one attached hydrogen (secondary N) is 4. The van der Waals surface area contributed by atoms with Crippen LogP contribution in [-0.4, -0.2) is 59.5 Å². The predicted octanol–water partition coefficient (Wildman–Crippen LogP) is 5.11. The molecule has 3 aliphatic rings. The number of hydrogen-bond donors (Lipinski definition) is 5. The van der Waals surface area contributed by atoms with Crippen molar-refractivity contribution in [2.75, 3.05) is 30.3 Å². The second kappa shape index (κ2) is 11.5. The lowest BCUT2D eigenvalue weighted by atomic mass is 9.83. The van der Waals surface area contributed by atoms with Gasteiger partial charge in [0.1, 0.15) is 11.4 Å². The Morgan fingerprint density at radius 2 is 1.86 bits per heavy atom. The fourth-order valence-electron chi connectivity index (χ4n) is 6.28. The number of alkyl halides is 3. The van der Waals surface area contributed by atoms with E-state index < -0.39 is 29.1 Å². The first-order chi connectivity index (χ1) is 20.1. The van der Waals surface area contributed by atoms with Gasteiger partial charge in [0.2, 0.25) is 5.91 Å². The third-order valence-corrected chi connectivity index (χ3v) is 8.45. The lowest BCUT2D eigenvalue weighted by Crippen LogP contribution is -2.43. The molecule has 1 saturated heterocycles. The molecule has 0 aromatic heterocycles. The van der Waals surface area contributed by atoms with E-state index in [0.29, 0.717) is 18.2 Å². The molecule has 5 rings (SSSR count). The van der Waals surface area contributed by atoms with Gasteiger partial charge in [-0.3, -0.25) is 4.79 Å². The van der Waals surface area contributed by atoms with Gasteiger partial charge in [0.05, 0.1) is 11.0 Å². The van der Waals surface area contributed by atoms with Gasteiger partial charge in [0.25, 0.3) is 0 Å². The largest absolute Gasteiger partial charge is 0.421 e. The third kappa shape index (κ3) is 6.83. The average Bonchev–Trinajstić information content (AvgIpc) is 3.15. The molecule has 2 aromatic rings. The number of nitrogens with zero attached hydrogens (tertiary/aromatic N) is 2. The van der Waals surface area contributed by atoms with Crippen LogP contribution in [0, 0.1) is 6.92 Å². The molecule has 0 aliphatic carbocycles. The summed E-state index contributed by atoms with van der Waals surface area (Å²) in [6, 6.07) is 11.5. The normalized spacial score (nSPS) is 21.0. The molecule has 1 fully saturated rings. The number of amidine groups is 1. The number of fused-ring (bicyclic) bond motifs is 1. The molecule has 1 atom stereocenters. The number of piperidine rings is 1. The first-order valence-electron chi connectivity index (χ1n) is 14.7. The number of carbonyl (C=O) groups excluding carboxylic acids is 1. The number of halogens is 3. The molecule has 1 amide bonds. The summed E-state index contributed by atoms with van der Waals surface area (Å²) in [5.41, 5.74) is 2.76. The standard InChI is InChI=1S/C32H41F3N6O2/c1-19-15-21(20-11-13-41(14-12-20)18-30(2,3)43)9-10-24(19)39-29-37-17-23(32(33,34)35)27(40-29)36-16-22-7-6-8-25-26(22)31(4,5)28(42)38-25/h6-10,15,17,20,29,37,39,43H,11-14,16,18H2,1-5H3,(H,36,40)(H,38,42). The highest BCUT2D eigenvalue weighted by Gasteiger charge is 2.41. The molecule has 43 heavy (non-hydrogen) atoms. The van der Waals surface area contributed by atoms with Gasteiger partial charge in [-0.25, -0.2) is 4.99 Å². The molecule has 0 saturated carbocycles. The summed E-state index contributed by atoms with van der Waals surface area (Å²) in [5, 5.41) is 21.9. The molecule has 1 unspecified atom stereocenters. The minimum Gasteiger partial charge on any atom is -0.389 e. The Morgan fingerprint density at radius 1 is 1.14 bits per heavy atom. The number of anilines is 2. The first kappa shape index (κ1) is 30.9. The zero-order valence-electron chi connectivity index (χ0n) is 25.3. The van der Waals surface area contributed by atoms with Gasteiger partial charge in [-0.15, -0.1) is 0 Å². The highest BCUT2D eigenvalue weighted by molar-refractivity contribution is 6.06. The minimum absolute atomic E-state index is 0.0723. The Bertz CT molecular complexity index is 1440. The number of likely N-dealkylation sites (tertiary alicyclic amines) is 1. The fraction of sp³-hybridized carbons (Fsp3) is 0.500. The number of benzene rings is 2. The number of rotatable bonds is 7. The van der Waals surface area contributed by atoms with Crippen LogP contribution in [0.4, 0.5) is 24.5 Å². The van der Waals surface area contributed by atoms with E-state index in [1.54, 1.807) is 26.0 Å². The first-order valence-corrected chi connectivity index (χ1v) is 14.7. The van der Waals surface area contributed by atoms with Gasteiger partial charge < -0.3 is 31.3 Å². The van der Waals surface area contributed by atoms with E-state index in [2.05, 4.69) is 43.3 Å². The van der Waals surface area contributed by atoms with Crippen LogP contribution in [0.5, 0.6) is 0 Å². The van der Waals surface area contributed by atoms with Gasteiger partial charge in [-0.1, -0.05) is 24.3 Å². The maximum atomic E-state index is 13.9. The molecular weight excluding hydrogens is 557 g/mol. The number of aliphatic hydroxyl groups is 1. The highest BCUT2D eigenvalue weighted by atomic mass is 19.4. The summed E-state index contributed by atoms with van der Waals surface area (Å²) < 4.78 is 41.8. The van der Waals surface area contributed by atoms with Crippen molar-refractivity contribution in [3.05, 3.63) is 70.4 Å². The van der Waals surface area contributed by atoms with Crippen LogP contribution in [0.1, 0.15) is 68.7 Å². The highest BCUT2D eigenvalue weighted by Crippen LogP contribution is 2.40. The van der Waals surface area contributed by atoms with E-state index in [9.17, 15) is 23.1 Å². The Morgan fingerprint density at radius 3 is 2.51 bits per heavy atom. The number of amides is 1. The van der Waals surface area contributed by atoms with Crippen molar-refractivity contribution in [3.8, 4) is 0 Å². The van der Waals surface area contributed by atoms with E-state index in [1.165, 1.54) is 5.56 Å². The Labute approximate surface area is 250 Å². The van der Waals surface area contributed by atoms with Crippen LogP contribution in [0.25, 0.3) is 0 Å². The number of aliphatic imine (C=N–C) groups is 1. The van der Waals surface area contributed by atoms with Crippen molar-refractivity contribution in [3.63, 3.8) is 0 Å². The fourth-order valence-corrected chi connectivity index (χ4v) is 6.28. The van der Waals surface area contributed by atoms with Gasteiger partial charge in [-0.05, 0) is 101 Å². The lowest BCUT2D eigenvalue weighted by molar-refractivity contribution is -0.119. The monoisotopic (exact) mass is 598 g/mol. The molecule has 5 N–H and O–H groups in total. The van der Waals surface area contributed by atoms with Gasteiger partial charge in [0, 0.05) is 30.7 Å². The van der Waals surface area contributed by atoms with Gasteiger partial charge in [-0.2, -0.15) is 13.2 Å². The summed E-state index contributed by atoms with van der Waals surface area (Å²) in [6.45, 7) is 11.8. The summed E-state index contributed by atoms with van der Waals surface area (Å²) in [4.78, 5) is 19.1. The van der Waals surface area contributed by atoms with Gasteiger partial charge in [0.15, 0.2) is 6.29 Å². The predicted molar refractivity (Wildman–Crippen MR) is 163 cm³/mol. The molecule has 3 aliphatic heterocycles. The van der Waals surface area contributed by atoms with E-state index in [1.807, 2.05) is 32.9 Å². The minimum atomic E-state index is -4.61. The van der Waals surface area contributed by atoms with Crippen LogP contribution >= 0.6 is 0 Å². The van der Waals surface area contributed by atoms with Crippen LogP contribution < -0.4 is 21.3 Å². The molecule has 232 valence electrons. The van der Waals surface area contributed by atoms with Crippen molar-refractivity contribution >= 4 is 23.1 Å². The number of hydrogen-bond acceptors (Lipinski definition) is 7. The summed E-state index contributed by atoms with van der Waals surface area (Å²) >= 11 is 0. The quantitative estimate of drug-likeness (QED) is 0.304. The van der Waals surface area contributed by atoms with Gasteiger partial charge >= 0.3 is 6.18 Å². The lowest BCUT2D eigenvalue weighted by Gasteiger charge is -2.35. The molecule has 3 heterocycles.